The van der Waals surface area contributed by atoms with E-state index in [1.165, 1.54) is 5.56 Å². The van der Waals surface area contributed by atoms with Crippen molar-refractivity contribution in [1.29, 1.82) is 5.26 Å². The molecule has 1 aliphatic rings. The Morgan fingerprint density at radius 3 is 2.79 bits per heavy atom. The Hall–Kier alpha value is -2.22. The number of hydrogen-bond acceptors (Lipinski definition) is 4. The molecule has 1 fully saturated rings. The topological polar surface area (TPSA) is 48.3 Å². The van der Waals surface area contributed by atoms with Gasteiger partial charge in [0.25, 0.3) is 0 Å². The molecule has 5 heteroatoms. The minimum atomic E-state index is 0.421. The van der Waals surface area contributed by atoms with Crippen LogP contribution in [0.5, 0.6) is 5.75 Å². The van der Waals surface area contributed by atoms with Gasteiger partial charge >= 0.3 is 0 Å². The van der Waals surface area contributed by atoms with Crippen LogP contribution in [0.3, 0.4) is 0 Å². The molecule has 2 aromatic carbocycles. The van der Waals surface area contributed by atoms with E-state index in [-0.39, 0.29) is 0 Å². The van der Waals surface area contributed by atoms with E-state index in [1.54, 1.807) is 7.11 Å². The molecule has 1 aliphatic heterocycles. The highest BCUT2D eigenvalue weighted by Gasteiger charge is 2.24. The Bertz CT molecular complexity index is 739. The van der Waals surface area contributed by atoms with Crippen molar-refractivity contribution in [1.82, 2.24) is 5.32 Å². The Balaban J connectivity index is 1.59. The maximum Gasteiger partial charge on any atom is 0.142 e. The third-order valence-corrected chi connectivity index (χ3v) is 4.58. The predicted molar refractivity (Wildman–Crippen MR) is 96.6 cm³/mol. The predicted octanol–water partition coefficient (Wildman–Crippen LogP) is 3.59. The van der Waals surface area contributed by atoms with Crippen LogP contribution in [-0.4, -0.2) is 26.2 Å². The average Bonchev–Trinajstić information content (AvgIpc) is 3.09. The SMILES string of the molecule is COc1ccc(Cl)cc1N1CCC(NCc2ccc(C#N)cc2)C1. The van der Waals surface area contributed by atoms with Gasteiger partial charge in [0, 0.05) is 30.7 Å². The Kier molecular flexibility index (Phi) is 5.24. The summed E-state index contributed by atoms with van der Waals surface area (Å²) in [5.74, 6) is 0.854. The monoisotopic (exact) mass is 341 g/mol. The van der Waals surface area contributed by atoms with Crippen molar-refractivity contribution in [3.8, 4) is 11.8 Å². The summed E-state index contributed by atoms with van der Waals surface area (Å²) >= 11 is 6.13. The number of nitrogens with one attached hydrogen (secondary N) is 1. The number of ether oxygens (including phenoxy) is 1. The molecule has 1 atom stereocenters. The molecule has 0 bridgehead atoms. The van der Waals surface area contributed by atoms with E-state index in [0.717, 1.165) is 42.5 Å². The molecule has 0 amide bonds. The second kappa shape index (κ2) is 7.57. The summed E-state index contributed by atoms with van der Waals surface area (Å²) < 4.78 is 5.45. The number of benzene rings is 2. The molecule has 4 nitrogen and oxygen atoms in total. The van der Waals surface area contributed by atoms with Gasteiger partial charge in [-0.15, -0.1) is 0 Å². The van der Waals surface area contributed by atoms with Crippen molar-refractivity contribution < 1.29 is 4.74 Å². The van der Waals surface area contributed by atoms with Crippen LogP contribution in [0.2, 0.25) is 5.02 Å². The van der Waals surface area contributed by atoms with Gasteiger partial charge in [-0.05, 0) is 42.3 Å². The van der Waals surface area contributed by atoms with Gasteiger partial charge in [0.1, 0.15) is 5.75 Å². The van der Waals surface area contributed by atoms with Gasteiger partial charge in [-0.1, -0.05) is 23.7 Å². The fraction of sp³-hybridized carbons (Fsp3) is 0.316. The number of rotatable bonds is 5. The number of nitrogens with zero attached hydrogens (tertiary/aromatic N) is 2. The first-order valence-corrected chi connectivity index (χ1v) is 8.38. The van der Waals surface area contributed by atoms with E-state index in [4.69, 9.17) is 21.6 Å². The summed E-state index contributed by atoms with van der Waals surface area (Å²) in [6.45, 7) is 2.70. The maximum atomic E-state index is 8.84. The Morgan fingerprint density at radius 2 is 2.08 bits per heavy atom. The van der Waals surface area contributed by atoms with Crippen LogP contribution in [0.1, 0.15) is 17.5 Å². The van der Waals surface area contributed by atoms with E-state index < -0.39 is 0 Å². The quantitative estimate of drug-likeness (QED) is 0.903. The summed E-state index contributed by atoms with van der Waals surface area (Å²) in [4.78, 5) is 2.31. The third-order valence-electron chi connectivity index (χ3n) is 4.35. The van der Waals surface area contributed by atoms with Crippen molar-refractivity contribution >= 4 is 17.3 Å². The molecule has 1 unspecified atom stereocenters. The first-order valence-electron chi connectivity index (χ1n) is 8.00. The molecule has 0 aromatic heterocycles. The fourth-order valence-corrected chi connectivity index (χ4v) is 3.18. The highest BCUT2D eigenvalue weighted by Crippen LogP contribution is 2.33. The molecule has 1 saturated heterocycles. The molecule has 124 valence electrons. The smallest absolute Gasteiger partial charge is 0.142 e. The standard InChI is InChI=1S/C19H20ClN3O/c1-24-19-7-6-16(20)10-18(19)23-9-8-17(13-23)22-12-15-4-2-14(11-21)3-5-15/h2-7,10,17,22H,8-9,12-13H2,1H3. The lowest BCUT2D eigenvalue weighted by molar-refractivity contribution is 0.414. The van der Waals surface area contributed by atoms with Crippen LogP contribution < -0.4 is 15.0 Å². The summed E-state index contributed by atoms with van der Waals surface area (Å²) in [6, 6.07) is 16.0. The van der Waals surface area contributed by atoms with Gasteiger partial charge in [-0.2, -0.15) is 5.26 Å². The highest BCUT2D eigenvalue weighted by atomic mass is 35.5. The van der Waals surface area contributed by atoms with Gasteiger partial charge in [0.15, 0.2) is 0 Å². The molecule has 0 spiro atoms. The van der Waals surface area contributed by atoms with Gasteiger partial charge < -0.3 is 15.0 Å². The minimum Gasteiger partial charge on any atom is -0.495 e. The summed E-state index contributed by atoms with van der Waals surface area (Å²) in [7, 11) is 1.68. The van der Waals surface area contributed by atoms with E-state index in [9.17, 15) is 0 Å². The summed E-state index contributed by atoms with van der Waals surface area (Å²) in [5, 5.41) is 13.2. The lowest BCUT2D eigenvalue weighted by Crippen LogP contribution is -2.32. The first-order chi connectivity index (χ1) is 11.7. The van der Waals surface area contributed by atoms with E-state index in [0.29, 0.717) is 11.6 Å². The molecule has 0 saturated carbocycles. The molecular weight excluding hydrogens is 322 g/mol. The number of anilines is 1. The van der Waals surface area contributed by atoms with Gasteiger partial charge in [0.2, 0.25) is 0 Å². The average molecular weight is 342 g/mol. The van der Waals surface area contributed by atoms with E-state index >= 15 is 0 Å². The fourth-order valence-electron chi connectivity index (χ4n) is 3.02. The van der Waals surface area contributed by atoms with Crippen molar-refractivity contribution in [3.05, 3.63) is 58.6 Å². The highest BCUT2D eigenvalue weighted by molar-refractivity contribution is 6.30. The number of nitriles is 1. The van der Waals surface area contributed by atoms with Crippen LogP contribution >= 0.6 is 11.6 Å². The molecular formula is C19H20ClN3O. The van der Waals surface area contributed by atoms with Gasteiger partial charge in [-0.25, -0.2) is 0 Å². The molecule has 1 N–H and O–H groups in total. The van der Waals surface area contributed by atoms with Crippen LogP contribution in [0.25, 0.3) is 0 Å². The number of halogens is 1. The molecule has 0 aliphatic carbocycles. The van der Waals surface area contributed by atoms with Crippen LogP contribution in [0.15, 0.2) is 42.5 Å². The zero-order valence-corrected chi connectivity index (χ0v) is 14.4. The van der Waals surface area contributed by atoms with Crippen molar-refractivity contribution in [2.24, 2.45) is 0 Å². The molecule has 2 aromatic rings. The zero-order chi connectivity index (χ0) is 16.9. The molecule has 24 heavy (non-hydrogen) atoms. The lowest BCUT2D eigenvalue weighted by atomic mass is 10.1. The van der Waals surface area contributed by atoms with Crippen molar-refractivity contribution in [3.63, 3.8) is 0 Å². The second-order valence-corrected chi connectivity index (χ2v) is 6.37. The number of hydrogen-bond donors (Lipinski definition) is 1. The molecule has 3 rings (SSSR count). The zero-order valence-electron chi connectivity index (χ0n) is 13.6. The van der Waals surface area contributed by atoms with Crippen molar-refractivity contribution in [2.75, 3.05) is 25.1 Å². The number of methoxy groups -OCH3 is 1. The Labute approximate surface area is 147 Å². The third kappa shape index (κ3) is 3.81. The van der Waals surface area contributed by atoms with Crippen LogP contribution in [0.4, 0.5) is 5.69 Å². The normalized spacial score (nSPS) is 16.9. The lowest BCUT2D eigenvalue weighted by Gasteiger charge is -2.22. The van der Waals surface area contributed by atoms with Gasteiger partial charge in [-0.3, -0.25) is 0 Å². The second-order valence-electron chi connectivity index (χ2n) is 5.94. The largest absolute Gasteiger partial charge is 0.495 e. The molecule has 0 radical (unpaired) electrons. The first kappa shape index (κ1) is 16.6. The van der Waals surface area contributed by atoms with Crippen molar-refractivity contribution in [2.45, 2.75) is 19.0 Å². The van der Waals surface area contributed by atoms with Crippen LogP contribution in [-0.2, 0) is 6.54 Å². The van der Waals surface area contributed by atoms with Crippen LogP contribution in [0, 0.1) is 11.3 Å². The maximum absolute atomic E-state index is 8.84. The van der Waals surface area contributed by atoms with Gasteiger partial charge in [0.05, 0.1) is 24.4 Å². The minimum absolute atomic E-state index is 0.421. The van der Waals surface area contributed by atoms with E-state index in [1.807, 2.05) is 42.5 Å². The molecule has 1 heterocycles. The summed E-state index contributed by atoms with van der Waals surface area (Å²) in [6.07, 6.45) is 1.08. The Morgan fingerprint density at radius 1 is 1.29 bits per heavy atom. The summed E-state index contributed by atoms with van der Waals surface area (Å²) in [5.41, 5.74) is 2.93. The van der Waals surface area contributed by atoms with E-state index in [2.05, 4.69) is 16.3 Å².